The second-order valence-electron chi connectivity index (χ2n) is 4.35. The molecule has 1 unspecified atom stereocenters. The lowest BCUT2D eigenvalue weighted by molar-refractivity contribution is 0.585. The van der Waals surface area contributed by atoms with E-state index in [0.29, 0.717) is 12.2 Å². The van der Waals surface area contributed by atoms with Crippen LogP contribution >= 0.6 is 12.2 Å². The average molecular weight is 300 g/mol. The van der Waals surface area contributed by atoms with Crippen LogP contribution in [-0.2, 0) is 10.0 Å². The van der Waals surface area contributed by atoms with Crippen molar-refractivity contribution in [2.24, 2.45) is 5.73 Å². The number of para-hydroxylation sites is 1. The van der Waals surface area contributed by atoms with E-state index in [-0.39, 0.29) is 4.99 Å². The Morgan fingerprint density at radius 2 is 1.95 bits per heavy atom. The highest BCUT2D eigenvalue weighted by Crippen LogP contribution is 2.21. The van der Waals surface area contributed by atoms with Crippen LogP contribution in [0.1, 0.15) is 26.7 Å². The SMILES string of the molecule is CCCCN(c1ccccc1)S(=O)(=O)C(C)C(N)=S. The maximum atomic E-state index is 12.5. The Kier molecular flexibility index (Phi) is 5.75. The molecule has 6 heteroatoms. The smallest absolute Gasteiger partial charge is 0.244 e. The normalized spacial score (nSPS) is 12.9. The molecule has 4 nitrogen and oxygen atoms in total. The van der Waals surface area contributed by atoms with Gasteiger partial charge in [-0.2, -0.15) is 0 Å². The average Bonchev–Trinajstić information content (AvgIpc) is 2.39. The summed E-state index contributed by atoms with van der Waals surface area (Å²) in [5.41, 5.74) is 6.14. The first kappa shape index (κ1) is 15.9. The predicted octanol–water partition coefficient (Wildman–Crippen LogP) is 2.30. The Labute approximate surface area is 120 Å². The van der Waals surface area contributed by atoms with E-state index in [1.807, 2.05) is 25.1 Å². The summed E-state index contributed by atoms with van der Waals surface area (Å²) < 4.78 is 26.5. The fourth-order valence-electron chi connectivity index (χ4n) is 1.64. The molecule has 0 saturated carbocycles. The van der Waals surface area contributed by atoms with Crippen molar-refractivity contribution in [1.29, 1.82) is 0 Å². The molecule has 0 fully saturated rings. The van der Waals surface area contributed by atoms with Gasteiger partial charge in [0.1, 0.15) is 5.25 Å². The van der Waals surface area contributed by atoms with Crippen LogP contribution in [0.3, 0.4) is 0 Å². The second-order valence-corrected chi connectivity index (χ2v) is 7.00. The van der Waals surface area contributed by atoms with Crippen LogP contribution in [-0.4, -0.2) is 25.2 Å². The van der Waals surface area contributed by atoms with Gasteiger partial charge in [-0.15, -0.1) is 0 Å². The molecular weight excluding hydrogens is 280 g/mol. The fraction of sp³-hybridized carbons (Fsp3) is 0.462. The zero-order valence-corrected chi connectivity index (χ0v) is 12.9. The van der Waals surface area contributed by atoms with Crippen molar-refractivity contribution in [3.63, 3.8) is 0 Å². The molecule has 19 heavy (non-hydrogen) atoms. The fourth-order valence-corrected chi connectivity index (χ4v) is 3.48. The molecule has 0 heterocycles. The summed E-state index contributed by atoms with van der Waals surface area (Å²) in [5.74, 6) is 0. The van der Waals surface area contributed by atoms with Gasteiger partial charge in [0.05, 0.1) is 10.7 Å². The molecule has 0 aliphatic carbocycles. The van der Waals surface area contributed by atoms with Crippen LogP contribution in [0.25, 0.3) is 0 Å². The number of benzene rings is 1. The van der Waals surface area contributed by atoms with Crippen LogP contribution in [0.4, 0.5) is 5.69 Å². The number of rotatable bonds is 7. The van der Waals surface area contributed by atoms with Crippen molar-refractivity contribution in [2.45, 2.75) is 31.9 Å². The van der Waals surface area contributed by atoms with Crippen molar-refractivity contribution >= 4 is 32.9 Å². The molecule has 0 aromatic heterocycles. The van der Waals surface area contributed by atoms with Crippen molar-refractivity contribution in [2.75, 3.05) is 10.8 Å². The molecule has 0 aliphatic rings. The second kappa shape index (κ2) is 6.86. The molecule has 0 bridgehead atoms. The quantitative estimate of drug-likeness (QED) is 0.785. The minimum Gasteiger partial charge on any atom is -0.392 e. The van der Waals surface area contributed by atoms with E-state index in [0.717, 1.165) is 12.8 Å². The van der Waals surface area contributed by atoms with Gasteiger partial charge >= 0.3 is 0 Å². The number of sulfonamides is 1. The van der Waals surface area contributed by atoms with E-state index in [2.05, 4.69) is 0 Å². The lowest BCUT2D eigenvalue weighted by Gasteiger charge is -2.27. The Morgan fingerprint density at radius 3 is 2.42 bits per heavy atom. The van der Waals surface area contributed by atoms with Gasteiger partial charge in [0.2, 0.25) is 10.0 Å². The van der Waals surface area contributed by atoms with Gasteiger partial charge < -0.3 is 5.73 Å². The maximum Gasteiger partial charge on any atom is 0.244 e. The van der Waals surface area contributed by atoms with Crippen LogP contribution in [0.2, 0.25) is 0 Å². The Balaban J connectivity index is 3.14. The lowest BCUT2D eigenvalue weighted by atomic mass is 10.3. The molecule has 1 atom stereocenters. The van der Waals surface area contributed by atoms with Crippen LogP contribution in [0, 0.1) is 0 Å². The Hall–Kier alpha value is -1.14. The van der Waals surface area contributed by atoms with Gasteiger partial charge in [0.25, 0.3) is 0 Å². The van der Waals surface area contributed by atoms with Gasteiger partial charge in [-0.3, -0.25) is 4.31 Å². The summed E-state index contributed by atoms with van der Waals surface area (Å²) in [6, 6.07) is 9.04. The van der Waals surface area contributed by atoms with Crippen molar-refractivity contribution in [1.82, 2.24) is 0 Å². The zero-order chi connectivity index (χ0) is 14.5. The van der Waals surface area contributed by atoms with Gasteiger partial charge in [-0.05, 0) is 25.5 Å². The number of unbranched alkanes of at least 4 members (excludes halogenated alkanes) is 1. The Morgan fingerprint density at radius 1 is 1.37 bits per heavy atom. The molecule has 0 radical (unpaired) electrons. The van der Waals surface area contributed by atoms with Gasteiger partial charge in [0.15, 0.2) is 0 Å². The monoisotopic (exact) mass is 300 g/mol. The summed E-state index contributed by atoms with van der Waals surface area (Å²) in [5, 5.41) is -0.862. The molecule has 1 rings (SSSR count). The van der Waals surface area contributed by atoms with E-state index in [1.54, 1.807) is 12.1 Å². The van der Waals surface area contributed by atoms with Crippen molar-refractivity contribution < 1.29 is 8.42 Å². The van der Waals surface area contributed by atoms with Crippen molar-refractivity contribution in [3.05, 3.63) is 30.3 Å². The largest absolute Gasteiger partial charge is 0.392 e. The maximum absolute atomic E-state index is 12.5. The summed E-state index contributed by atoms with van der Waals surface area (Å²) in [7, 11) is -3.56. The molecule has 1 aromatic rings. The number of thiocarbonyl (C=S) groups is 1. The number of nitrogens with zero attached hydrogens (tertiary/aromatic N) is 1. The standard InChI is InChI=1S/C13H20N2O2S2/c1-3-4-10-15(12-8-6-5-7-9-12)19(16,17)11(2)13(14)18/h5-9,11H,3-4,10H2,1-2H3,(H2,14,18). The first-order chi connectivity index (χ1) is 8.91. The van der Waals surface area contributed by atoms with E-state index in [9.17, 15) is 8.42 Å². The van der Waals surface area contributed by atoms with Crippen LogP contribution in [0.15, 0.2) is 30.3 Å². The molecule has 0 aliphatic heterocycles. The third kappa shape index (κ3) is 3.91. The third-order valence-electron chi connectivity index (χ3n) is 2.91. The van der Waals surface area contributed by atoms with Gasteiger partial charge in [0, 0.05) is 6.54 Å². The number of hydrogen-bond acceptors (Lipinski definition) is 3. The number of nitrogens with two attached hydrogens (primary N) is 1. The minimum atomic E-state index is -3.56. The molecule has 2 N–H and O–H groups in total. The highest BCUT2D eigenvalue weighted by Gasteiger charge is 2.30. The van der Waals surface area contributed by atoms with Crippen LogP contribution < -0.4 is 10.0 Å². The molecule has 1 aromatic carbocycles. The summed E-state index contributed by atoms with van der Waals surface area (Å²) in [4.78, 5) is -0.00238. The molecule has 0 saturated heterocycles. The third-order valence-corrected chi connectivity index (χ3v) is 5.57. The summed E-state index contributed by atoms with van der Waals surface area (Å²) in [6.07, 6.45) is 1.71. The Bertz CT molecular complexity index is 515. The summed E-state index contributed by atoms with van der Waals surface area (Å²) in [6.45, 7) is 3.99. The van der Waals surface area contributed by atoms with Crippen molar-refractivity contribution in [3.8, 4) is 0 Å². The van der Waals surface area contributed by atoms with Gasteiger partial charge in [-0.25, -0.2) is 8.42 Å². The highest BCUT2D eigenvalue weighted by atomic mass is 32.2. The van der Waals surface area contributed by atoms with E-state index >= 15 is 0 Å². The lowest BCUT2D eigenvalue weighted by Crippen LogP contribution is -2.43. The van der Waals surface area contributed by atoms with Crippen LogP contribution in [0.5, 0.6) is 0 Å². The van der Waals surface area contributed by atoms with E-state index in [1.165, 1.54) is 11.2 Å². The number of anilines is 1. The topological polar surface area (TPSA) is 63.4 Å². The minimum absolute atomic E-state index is 0.00238. The first-order valence-electron chi connectivity index (χ1n) is 6.27. The van der Waals surface area contributed by atoms with E-state index < -0.39 is 15.3 Å². The molecule has 0 amide bonds. The molecule has 106 valence electrons. The molecular formula is C13H20N2O2S2. The highest BCUT2D eigenvalue weighted by molar-refractivity contribution is 7.95. The first-order valence-corrected chi connectivity index (χ1v) is 8.18. The van der Waals surface area contributed by atoms with E-state index in [4.69, 9.17) is 18.0 Å². The zero-order valence-electron chi connectivity index (χ0n) is 11.2. The van der Waals surface area contributed by atoms with Gasteiger partial charge in [-0.1, -0.05) is 43.8 Å². The number of hydrogen-bond donors (Lipinski definition) is 1. The predicted molar refractivity (Wildman–Crippen MR) is 83.9 cm³/mol. The summed E-state index contributed by atoms with van der Waals surface area (Å²) >= 11 is 4.82. The molecule has 0 spiro atoms.